The molecule has 14 heavy (non-hydrogen) atoms. The Bertz CT molecular complexity index is 336. The summed E-state index contributed by atoms with van der Waals surface area (Å²) >= 11 is 0. The number of hydrogen-bond donors (Lipinski definition) is 2. The smallest absolute Gasteiger partial charge is 0.407 e. The predicted molar refractivity (Wildman–Crippen MR) is 48.0 cm³/mol. The van der Waals surface area contributed by atoms with Crippen molar-refractivity contribution in [3.63, 3.8) is 0 Å². The third-order valence-electron chi connectivity index (χ3n) is 1.85. The van der Waals surface area contributed by atoms with Crippen LogP contribution in [0.1, 0.15) is 5.69 Å². The maximum Gasteiger partial charge on any atom is 0.407 e. The van der Waals surface area contributed by atoms with Gasteiger partial charge in [0.25, 0.3) is 6.01 Å². The predicted octanol–water partition coefficient (Wildman–Crippen LogP) is 0.503. The fraction of sp³-hybridized carbons (Fsp3) is 0.500. The molecule has 1 aromatic rings. The molecule has 1 atom stereocenters. The van der Waals surface area contributed by atoms with Crippen LogP contribution < -0.4 is 10.6 Å². The normalized spacial score (nSPS) is 20.4. The highest BCUT2D eigenvalue weighted by Crippen LogP contribution is 2.07. The minimum absolute atomic E-state index is 0.158. The molecule has 1 fully saturated rings. The fourth-order valence-corrected chi connectivity index (χ4v) is 1.18. The van der Waals surface area contributed by atoms with Gasteiger partial charge in [-0.05, 0) is 6.92 Å². The van der Waals surface area contributed by atoms with Gasteiger partial charge in [-0.25, -0.2) is 4.79 Å². The van der Waals surface area contributed by atoms with E-state index in [-0.39, 0.29) is 12.2 Å². The van der Waals surface area contributed by atoms with Crippen LogP contribution in [0, 0.1) is 6.92 Å². The van der Waals surface area contributed by atoms with Gasteiger partial charge in [0, 0.05) is 0 Å². The number of carbonyl (C=O) groups excluding carboxylic acids is 1. The molecule has 6 heteroatoms. The monoisotopic (exact) mass is 197 g/mol. The molecule has 2 rings (SSSR count). The second kappa shape index (κ2) is 3.57. The van der Waals surface area contributed by atoms with Crippen LogP contribution in [-0.2, 0) is 4.74 Å². The molecule has 0 spiro atoms. The van der Waals surface area contributed by atoms with Gasteiger partial charge >= 0.3 is 6.09 Å². The van der Waals surface area contributed by atoms with E-state index >= 15 is 0 Å². The lowest BCUT2D eigenvalue weighted by molar-refractivity contribution is 0.145. The number of amides is 1. The SMILES string of the molecule is Cc1coc(NCC2CNC(=O)O2)n1. The van der Waals surface area contributed by atoms with Crippen LogP contribution >= 0.6 is 0 Å². The first kappa shape index (κ1) is 8.86. The van der Waals surface area contributed by atoms with Crippen LogP contribution in [0.15, 0.2) is 10.7 Å². The largest absolute Gasteiger partial charge is 0.442 e. The van der Waals surface area contributed by atoms with Gasteiger partial charge in [-0.15, -0.1) is 0 Å². The summed E-state index contributed by atoms with van der Waals surface area (Å²) in [5, 5.41) is 5.49. The van der Waals surface area contributed by atoms with Crippen LogP contribution in [0.3, 0.4) is 0 Å². The zero-order valence-corrected chi connectivity index (χ0v) is 7.74. The molecule has 2 heterocycles. The third kappa shape index (κ3) is 1.95. The van der Waals surface area contributed by atoms with Gasteiger partial charge in [-0.3, -0.25) is 0 Å². The maximum atomic E-state index is 10.7. The molecule has 1 aliphatic rings. The molecule has 6 nitrogen and oxygen atoms in total. The Morgan fingerprint density at radius 3 is 3.21 bits per heavy atom. The molecule has 2 N–H and O–H groups in total. The number of nitrogens with one attached hydrogen (secondary N) is 2. The summed E-state index contributed by atoms with van der Waals surface area (Å²) in [6.45, 7) is 2.86. The van der Waals surface area contributed by atoms with Crippen molar-refractivity contribution in [2.24, 2.45) is 0 Å². The average Bonchev–Trinajstić information content (AvgIpc) is 2.72. The molecular weight excluding hydrogens is 186 g/mol. The average molecular weight is 197 g/mol. The molecule has 0 bridgehead atoms. The lowest BCUT2D eigenvalue weighted by atomic mass is 10.4. The van der Waals surface area contributed by atoms with E-state index in [0.717, 1.165) is 5.69 Å². The fourth-order valence-electron chi connectivity index (χ4n) is 1.18. The van der Waals surface area contributed by atoms with Crippen molar-refractivity contribution in [1.29, 1.82) is 0 Å². The summed E-state index contributed by atoms with van der Waals surface area (Å²) in [7, 11) is 0. The Morgan fingerprint density at radius 1 is 1.79 bits per heavy atom. The number of hydrogen-bond acceptors (Lipinski definition) is 5. The van der Waals surface area contributed by atoms with Crippen molar-refractivity contribution >= 4 is 12.1 Å². The van der Waals surface area contributed by atoms with Gasteiger partial charge in [-0.1, -0.05) is 0 Å². The summed E-state index contributed by atoms with van der Waals surface area (Å²) in [5.41, 5.74) is 0.814. The van der Waals surface area contributed by atoms with Gasteiger partial charge in [0.2, 0.25) is 0 Å². The first-order chi connectivity index (χ1) is 6.74. The van der Waals surface area contributed by atoms with Crippen LogP contribution in [0.5, 0.6) is 0 Å². The van der Waals surface area contributed by atoms with E-state index in [0.29, 0.717) is 19.1 Å². The molecular formula is C8H11N3O3. The van der Waals surface area contributed by atoms with Crippen molar-refractivity contribution in [3.8, 4) is 0 Å². The maximum absolute atomic E-state index is 10.7. The number of nitrogens with zero attached hydrogens (tertiary/aromatic N) is 1. The number of carbonyl (C=O) groups is 1. The summed E-state index contributed by atoms with van der Waals surface area (Å²) < 4.78 is 9.98. The summed E-state index contributed by atoms with van der Waals surface area (Å²) in [5.74, 6) is 0. The van der Waals surface area contributed by atoms with Gasteiger partial charge < -0.3 is 19.8 Å². The minimum Gasteiger partial charge on any atom is -0.442 e. The van der Waals surface area contributed by atoms with E-state index in [1.165, 1.54) is 0 Å². The number of rotatable bonds is 3. The zero-order valence-electron chi connectivity index (χ0n) is 7.74. The first-order valence-corrected chi connectivity index (χ1v) is 4.34. The number of aryl methyl sites for hydroxylation is 1. The molecule has 1 aromatic heterocycles. The Morgan fingerprint density at radius 2 is 2.64 bits per heavy atom. The van der Waals surface area contributed by atoms with E-state index in [1.807, 2.05) is 6.92 Å². The van der Waals surface area contributed by atoms with E-state index in [4.69, 9.17) is 9.15 Å². The lowest BCUT2D eigenvalue weighted by Gasteiger charge is -2.06. The third-order valence-corrected chi connectivity index (χ3v) is 1.85. The summed E-state index contributed by atoms with van der Waals surface area (Å²) in [6.07, 6.45) is 1.02. The van der Waals surface area contributed by atoms with E-state index in [1.54, 1.807) is 6.26 Å². The molecule has 1 unspecified atom stereocenters. The summed E-state index contributed by atoms with van der Waals surface area (Å²) in [6, 6.07) is 0.449. The van der Waals surface area contributed by atoms with Crippen LogP contribution in [0.4, 0.5) is 10.8 Å². The van der Waals surface area contributed by atoms with E-state index in [2.05, 4.69) is 15.6 Å². The zero-order chi connectivity index (χ0) is 9.97. The minimum atomic E-state index is -0.375. The van der Waals surface area contributed by atoms with Gasteiger partial charge in [0.15, 0.2) is 0 Å². The molecule has 1 aliphatic heterocycles. The van der Waals surface area contributed by atoms with Gasteiger partial charge in [0.1, 0.15) is 12.4 Å². The number of oxazole rings is 1. The molecule has 1 saturated heterocycles. The van der Waals surface area contributed by atoms with Crippen molar-refractivity contribution in [2.75, 3.05) is 18.4 Å². The molecule has 1 amide bonds. The Labute approximate surface area is 80.6 Å². The highest BCUT2D eigenvalue weighted by molar-refractivity contribution is 5.69. The molecule has 0 aliphatic carbocycles. The Kier molecular flexibility index (Phi) is 2.26. The quantitative estimate of drug-likeness (QED) is 0.738. The number of cyclic esters (lactones) is 1. The molecule has 0 saturated carbocycles. The number of ether oxygens (including phenoxy) is 1. The lowest BCUT2D eigenvalue weighted by Crippen LogP contribution is -2.23. The topological polar surface area (TPSA) is 76.4 Å². The molecule has 0 aromatic carbocycles. The van der Waals surface area contributed by atoms with Gasteiger partial charge in [0.05, 0.1) is 18.8 Å². The van der Waals surface area contributed by atoms with Crippen LogP contribution in [-0.4, -0.2) is 30.3 Å². The van der Waals surface area contributed by atoms with E-state index in [9.17, 15) is 4.79 Å². The number of aromatic nitrogens is 1. The second-order valence-electron chi connectivity index (χ2n) is 3.08. The van der Waals surface area contributed by atoms with Crippen molar-refractivity contribution in [2.45, 2.75) is 13.0 Å². The van der Waals surface area contributed by atoms with Crippen molar-refractivity contribution in [3.05, 3.63) is 12.0 Å². The van der Waals surface area contributed by atoms with Crippen LogP contribution in [0.2, 0.25) is 0 Å². The standard InChI is InChI=1S/C8H11N3O3/c1-5-4-13-7(11-5)9-2-6-3-10-8(12)14-6/h4,6H,2-3H2,1H3,(H,9,11)(H,10,12). The first-order valence-electron chi connectivity index (χ1n) is 4.34. The Hall–Kier alpha value is -1.72. The second-order valence-corrected chi connectivity index (χ2v) is 3.08. The Balaban J connectivity index is 1.80. The van der Waals surface area contributed by atoms with Crippen molar-refractivity contribution in [1.82, 2.24) is 10.3 Å². The van der Waals surface area contributed by atoms with Crippen molar-refractivity contribution < 1.29 is 13.9 Å². The highest BCUT2D eigenvalue weighted by atomic mass is 16.6. The highest BCUT2D eigenvalue weighted by Gasteiger charge is 2.22. The molecule has 76 valence electrons. The van der Waals surface area contributed by atoms with E-state index < -0.39 is 0 Å². The summed E-state index contributed by atoms with van der Waals surface area (Å²) in [4.78, 5) is 14.7. The number of alkyl carbamates (subject to hydrolysis) is 1. The van der Waals surface area contributed by atoms with Crippen LogP contribution in [0.25, 0.3) is 0 Å². The van der Waals surface area contributed by atoms with Gasteiger partial charge in [-0.2, -0.15) is 4.98 Å². The molecule has 0 radical (unpaired) electrons. The number of anilines is 1.